The maximum Gasteiger partial charge on any atom is 0.255 e. The fourth-order valence-corrected chi connectivity index (χ4v) is 4.17. The van der Waals surface area contributed by atoms with Crippen LogP contribution in [0.1, 0.15) is 17.3 Å². The van der Waals surface area contributed by atoms with Crippen LogP contribution in [0, 0.1) is 0 Å². The third-order valence-corrected chi connectivity index (χ3v) is 5.94. The van der Waals surface area contributed by atoms with Gasteiger partial charge >= 0.3 is 0 Å². The molecule has 0 spiro atoms. The van der Waals surface area contributed by atoms with Crippen LogP contribution in [-0.2, 0) is 0 Å². The molecule has 2 aromatic heterocycles. The number of nitrogens with one attached hydrogen (secondary N) is 1. The van der Waals surface area contributed by atoms with E-state index in [0.717, 1.165) is 10.8 Å². The van der Waals surface area contributed by atoms with Crippen LogP contribution in [0.25, 0.3) is 27.8 Å². The van der Waals surface area contributed by atoms with Crippen LogP contribution >= 0.6 is 0 Å². The van der Waals surface area contributed by atoms with Gasteiger partial charge in [-0.3, -0.25) is 4.79 Å². The summed E-state index contributed by atoms with van der Waals surface area (Å²) in [5.74, 6) is 2.42. The van der Waals surface area contributed by atoms with E-state index in [1.807, 2.05) is 55.5 Å². The first-order chi connectivity index (χ1) is 18.6. The Hall–Kier alpha value is -4.86. The first-order valence-corrected chi connectivity index (χ1v) is 12.1. The molecule has 2 heterocycles. The molecule has 0 aliphatic carbocycles. The normalized spacial score (nSPS) is 10.9. The SMILES string of the molecule is CCOc1ccc2ccccc2c1C(=O)NCCOc1ccc2nnc(-c3ccc(OC)cc3OC)n2n1. The quantitative estimate of drug-likeness (QED) is 0.277. The summed E-state index contributed by atoms with van der Waals surface area (Å²) in [6.45, 7) is 2.83. The highest BCUT2D eigenvalue weighted by atomic mass is 16.5. The Morgan fingerprint density at radius 3 is 2.61 bits per heavy atom. The number of aromatic nitrogens is 4. The van der Waals surface area contributed by atoms with Gasteiger partial charge in [0.15, 0.2) is 11.5 Å². The monoisotopic (exact) mass is 513 g/mol. The van der Waals surface area contributed by atoms with Gasteiger partial charge in [-0.1, -0.05) is 30.3 Å². The van der Waals surface area contributed by atoms with Crippen molar-refractivity contribution in [3.63, 3.8) is 0 Å². The van der Waals surface area contributed by atoms with E-state index in [1.54, 1.807) is 36.9 Å². The summed E-state index contributed by atoms with van der Waals surface area (Å²) in [6, 6.07) is 20.4. The Morgan fingerprint density at radius 2 is 1.79 bits per heavy atom. The van der Waals surface area contributed by atoms with Gasteiger partial charge in [-0.15, -0.1) is 15.3 Å². The van der Waals surface area contributed by atoms with E-state index in [2.05, 4.69) is 20.6 Å². The molecule has 10 nitrogen and oxygen atoms in total. The molecule has 1 N–H and O–H groups in total. The largest absolute Gasteiger partial charge is 0.497 e. The number of ether oxygens (including phenoxy) is 4. The lowest BCUT2D eigenvalue weighted by Crippen LogP contribution is -2.29. The Bertz CT molecular complexity index is 1600. The average molecular weight is 514 g/mol. The molecule has 0 radical (unpaired) electrons. The fourth-order valence-electron chi connectivity index (χ4n) is 4.17. The van der Waals surface area contributed by atoms with Crippen molar-refractivity contribution < 1.29 is 23.7 Å². The van der Waals surface area contributed by atoms with Crippen molar-refractivity contribution in [1.29, 1.82) is 0 Å². The molecule has 0 aliphatic heterocycles. The number of nitrogens with zero attached hydrogens (tertiary/aromatic N) is 4. The molecule has 0 bridgehead atoms. The van der Waals surface area contributed by atoms with Crippen molar-refractivity contribution in [2.45, 2.75) is 6.92 Å². The molecule has 0 unspecified atom stereocenters. The van der Waals surface area contributed by atoms with Crippen LogP contribution in [0.5, 0.6) is 23.1 Å². The van der Waals surface area contributed by atoms with Crippen LogP contribution in [0.3, 0.4) is 0 Å². The summed E-state index contributed by atoms with van der Waals surface area (Å²) in [5.41, 5.74) is 1.77. The Kier molecular flexibility index (Phi) is 7.21. The summed E-state index contributed by atoms with van der Waals surface area (Å²) in [6.07, 6.45) is 0. The van der Waals surface area contributed by atoms with E-state index in [0.29, 0.717) is 52.3 Å². The highest BCUT2D eigenvalue weighted by molar-refractivity contribution is 6.09. The van der Waals surface area contributed by atoms with Gasteiger partial charge in [0.25, 0.3) is 5.91 Å². The topological polar surface area (TPSA) is 109 Å². The lowest BCUT2D eigenvalue weighted by molar-refractivity contribution is 0.0944. The molecular formula is C28H27N5O5. The van der Waals surface area contributed by atoms with Crippen LogP contribution in [0.2, 0.25) is 0 Å². The molecule has 0 aliphatic rings. The van der Waals surface area contributed by atoms with Gasteiger partial charge in [0.1, 0.15) is 23.9 Å². The van der Waals surface area contributed by atoms with Gasteiger partial charge in [0.2, 0.25) is 5.88 Å². The molecule has 38 heavy (non-hydrogen) atoms. The van der Waals surface area contributed by atoms with Gasteiger partial charge in [-0.25, -0.2) is 0 Å². The molecule has 0 saturated heterocycles. The Morgan fingerprint density at radius 1 is 0.921 bits per heavy atom. The summed E-state index contributed by atoms with van der Waals surface area (Å²) >= 11 is 0. The number of carbonyl (C=O) groups is 1. The van der Waals surface area contributed by atoms with Crippen molar-refractivity contribution in [3.8, 4) is 34.5 Å². The second-order valence-corrected chi connectivity index (χ2v) is 8.23. The van der Waals surface area contributed by atoms with Gasteiger partial charge in [-0.05, 0) is 42.0 Å². The van der Waals surface area contributed by atoms with Gasteiger partial charge < -0.3 is 24.3 Å². The maximum absolute atomic E-state index is 13.1. The minimum atomic E-state index is -0.232. The standard InChI is InChI=1S/C28H27N5O5/c1-4-37-22-12-9-18-7-5-6-8-20(18)26(22)28(34)29-15-16-38-25-14-13-24-30-31-27(33(24)32-25)21-11-10-19(35-2)17-23(21)36-3/h5-14,17H,4,15-16H2,1-3H3,(H,29,34). The van der Waals surface area contributed by atoms with E-state index in [1.165, 1.54) is 0 Å². The average Bonchev–Trinajstić information content (AvgIpc) is 3.38. The summed E-state index contributed by atoms with van der Waals surface area (Å²) < 4.78 is 23.9. The molecule has 5 aromatic rings. The molecular weight excluding hydrogens is 486 g/mol. The van der Waals surface area contributed by atoms with Crippen molar-refractivity contribution in [1.82, 2.24) is 25.1 Å². The lowest BCUT2D eigenvalue weighted by Gasteiger charge is -2.14. The predicted octanol–water partition coefficient (Wildman–Crippen LogP) is 4.17. The number of hydrogen-bond donors (Lipinski definition) is 1. The first-order valence-electron chi connectivity index (χ1n) is 12.1. The Labute approximate surface area is 219 Å². The minimum Gasteiger partial charge on any atom is -0.497 e. The number of rotatable bonds is 10. The molecule has 1 amide bonds. The fraction of sp³-hybridized carbons (Fsp3) is 0.214. The third-order valence-electron chi connectivity index (χ3n) is 5.94. The van der Waals surface area contributed by atoms with Crippen molar-refractivity contribution in [2.24, 2.45) is 0 Å². The van der Waals surface area contributed by atoms with Gasteiger partial charge in [0, 0.05) is 12.1 Å². The zero-order valence-electron chi connectivity index (χ0n) is 21.3. The van der Waals surface area contributed by atoms with Crippen LogP contribution in [0.15, 0.2) is 66.7 Å². The van der Waals surface area contributed by atoms with Crippen LogP contribution in [-0.4, -0.2) is 59.7 Å². The predicted molar refractivity (Wildman–Crippen MR) is 142 cm³/mol. The second-order valence-electron chi connectivity index (χ2n) is 8.23. The summed E-state index contributed by atoms with van der Waals surface area (Å²) in [5, 5.41) is 17.7. The number of amides is 1. The number of hydrogen-bond acceptors (Lipinski definition) is 8. The molecule has 5 rings (SSSR count). The smallest absolute Gasteiger partial charge is 0.255 e. The summed E-state index contributed by atoms with van der Waals surface area (Å²) in [4.78, 5) is 13.1. The number of fused-ring (bicyclic) bond motifs is 2. The van der Waals surface area contributed by atoms with Crippen LogP contribution in [0.4, 0.5) is 0 Å². The minimum absolute atomic E-state index is 0.211. The van der Waals surface area contributed by atoms with Crippen molar-refractivity contribution in [2.75, 3.05) is 34.0 Å². The van der Waals surface area contributed by atoms with E-state index >= 15 is 0 Å². The molecule has 3 aromatic carbocycles. The van der Waals surface area contributed by atoms with Gasteiger partial charge in [-0.2, -0.15) is 4.52 Å². The summed E-state index contributed by atoms with van der Waals surface area (Å²) in [7, 11) is 3.17. The Balaban J connectivity index is 1.30. The zero-order chi connectivity index (χ0) is 26.5. The molecule has 194 valence electrons. The van der Waals surface area contributed by atoms with E-state index in [-0.39, 0.29) is 19.1 Å². The van der Waals surface area contributed by atoms with E-state index in [4.69, 9.17) is 18.9 Å². The first kappa shape index (κ1) is 24.8. The number of carbonyl (C=O) groups excluding carboxylic acids is 1. The van der Waals surface area contributed by atoms with Crippen LogP contribution < -0.4 is 24.3 Å². The molecule has 0 atom stereocenters. The molecule has 10 heteroatoms. The van der Waals surface area contributed by atoms with Gasteiger partial charge in [0.05, 0.1) is 38.5 Å². The maximum atomic E-state index is 13.1. The van der Waals surface area contributed by atoms with Crippen molar-refractivity contribution >= 4 is 22.3 Å². The number of methoxy groups -OCH3 is 2. The number of benzene rings is 3. The zero-order valence-corrected chi connectivity index (χ0v) is 21.3. The lowest BCUT2D eigenvalue weighted by atomic mass is 10.0. The molecule has 0 fully saturated rings. The third kappa shape index (κ3) is 4.88. The second kappa shape index (κ2) is 11.0. The van der Waals surface area contributed by atoms with E-state index < -0.39 is 0 Å². The van der Waals surface area contributed by atoms with E-state index in [9.17, 15) is 4.79 Å². The highest BCUT2D eigenvalue weighted by Gasteiger charge is 2.18. The van der Waals surface area contributed by atoms with Crippen molar-refractivity contribution in [3.05, 3.63) is 72.3 Å². The highest BCUT2D eigenvalue weighted by Crippen LogP contribution is 2.32. The molecule has 0 saturated carbocycles.